The molecular formula is C16H16FNO2. The highest BCUT2D eigenvalue weighted by atomic mass is 19.1. The number of amides is 1. The summed E-state index contributed by atoms with van der Waals surface area (Å²) in [6, 6.07) is 11.5. The summed E-state index contributed by atoms with van der Waals surface area (Å²) in [6.45, 7) is 3.28. The summed E-state index contributed by atoms with van der Waals surface area (Å²) in [6.07, 6.45) is -0.561. The van der Waals surface area contributed by atoms with Gasteiger partial charge in [-0.25, -0.2) is 4.39 Å². The van der Waals surface area contributed by atoms with E-state index in [1.807, 2.05) is 0 Å². The summed E-state index contributed by atoms with van der Waals surface area (Å²) in [5, 5.41) is 12.0. The van der Waals surface area contributed by atoms with Crippen LogP contribution in [0, 0.1) is 12.7 Å². The molecule has 1 atom stereocenters. The monoisotopic (exact) mass is 273 g/mol. The summed E-state index contributed by atoms with van der Waals surface area (Å²) in [4.78, 5) is 12.0. The van der Waals surface area contributed by atoms with E-state index in [1.54, 1.807) is 50.2 Å². The number of hydrogen-bond donors (Lipinski definition) is 2. The third-order valence-electron chi connectivity index (χ3n) is 3.09. The van der Waals surface area contributed by atoms with Crippen molar-refractivity contribution in [2.75, 3.05) is 5.32 Å². The number of anilines is 1. The minimum absolute atomic E-state index is 0.0182. The fourth-order valence-electron chi connectivity index (χ4n) is 1.87. The van der Waals surface area contributed by atoms with E-state index in [-0.39, 0.29) is 5.56 Å². The maximum absolute atomic E-state index is 13.8. The molecule has 104 valence electrons. The van der Waals surface area contributed by atoms with Crippen molar-refractivity contribution < 1.29 is 14.3 Å². The molecule has 0 saturated heterocycles. The molecule has 0 aromatic heterocycles. The topological polar surface area (TPSA) is 49.3 Å². The van der Waals surface area contributed by atoms with Gasteiger partial charge < -0.3 is 10.4 Å². The molecule has 0 fully saturated rings. The van der Waals surface area contributed by atoms with Gasteiger partial charge in [0.1, 0.15) is 5.82 Å². The molecule has 2 aromatic carbocycles. The van der Waals surface area contributed by atoms with Crippen LogP contribution in [0.5, 0.6) is 0 Å². The molecule has 1 amide bonds. The summed E-state index contributed by atoms with van der Waals surface area (Å²) >= 11 is 0. The number of carbonyl (C=O) groups excluding carboxylic acids is 1. The number of benzene rings is 2. The van der Waals surface area contributed by atoms with Crippen LogP contribution in [0.15, 0.2) is 42.5 Å². The number of aliphatic hydroxyl groups excluding tert-OH is 1. The average Bonchev–Trinajstić information content (AvgIpc) is 2.42. The van der Waals surface area contributed by atoms with E-state index in [4.69, 9.17) is 0 Å². The predicted octanol–water partition coefficient (Wildman–Crippen LogP) is 3.44. The zero-order valence-electron chi connectivity index (χ0n) is 11.4. The Morgan fingerprint density at radius 1 is 1.20 bits per heavy atom. The lowest BCUT2D eigenvalue weighted by Gasteiger charge is -2.09. The molecule has 0 heterocycles. The number of aryl methyl sites for hydroxylation is 1. The first kappa shape index (κ1) is 14.2. The van der Waals surface area contributed by atoms with Gasteiger partial charge in [0.25, 0.3) is 5.91 Å². The number of rotatable bonds is 3. The van der Waals surface area contributed by atoms with Gasteiger partial charge in [-0.15, -0.1) is 0 Å². The molecule has 0 aliphatic heterocycles. The molecule has 2 N–H and O–H groups in total. The Morgan fingerprint density at radius 2 is 1.85 bits per heavy atom. The molecule has 2 aromatic rings. The zero-order valence-corrected chi connectivity index (χ0v) is 11.4. The maximum Gasteiger partial charge on any atom is 0.258 e. The van der Waals surface area contributed by atoms with Gasteiger partial charge in [0, 0.05) is 5.69 Å². The van der Waals surface area contributed by atoms with Crippen molar-refractivity contribution in [3.8, 4) is 0 Å². The van der Waals surface area contributed by atoms with E-state index in [9.17, 15) is 14.3 Å². The number of carbonyl (C=O) groups is 1. The van der Waals surface area contributed by atoms with Gasteiger partial charge in [-0.1, -0.05) is 24.3 Å². The summed E-state index contributed by atoms with van der Waals surface area (Å²) in [5.41, 5.74) is 1.76. The molecule has 2 rings (SSSR count). The second kappa shape index (κ2) is 5.84. The quantitative estimate of drug-likeness (QED) is 0.900. The van der Waals surface area contributed by atoms with Gasteiger partial charge in [-0.2, -0.15) is 0 Å². The highest BCUT2D eigenvalue weighted by Gasteiger charge is 2.13. The van der Waals surface area contributed by atoms with E-state index in [1.165, 1.54) is 6.07 Å². The Hall–Kier alpha value is -2.20. The first-order valence-corrected chi connectivity index (χ1v) is 6.33. The Morgan fingerprint density at radius 3 is 2.45 bits per heavy atom. The number of hydrogen-bond acceptors (Lipinski definition) is 2. The minimum Gasteiger partial charge on any atom is -0.389 e. The van der Waals surface area contributed by atoms with Crippen LogP contribution in [0.2, 0.25) is 0 Å². The second-order valence-electron chi connectivity index (χ2n) is 4.69. The Balaban J connectivity index is 2.17. The molecule has 0 spiro atoms. The van der Waals surface area contributed by atoms with Gasteiger partial charge >= 0.3 is 0 Å². The van der Waals surface area contributed by atoms with Crippen molar-refractivity contribution >= 4 is 11.6 Å². The molecule has 20 heavy (non-hydrogen) atoms. The molecule has 0 aliphatic carbocycles. The van der Waals surface area contributed by atoms with Crippen molar-refractivity contribution in [2.45, 2.75) is 20.0 Å². The third-order valence-corrected chi connectivity index (χ3v) is 3.09. The van der Waals surface area contributed by atoms with E-state index in [0.717, 1.165) is 5.56 Å². The van der Waals surface area contributed by atoms with Crippen molar-refractivity contribution in [1.82, 2.24) is 0 Å². The van der Waals surface area contributed by atoms with Crippen LogP contribution in [0.25, 0.3) is 0 Å². The predicted molar refractivity (Wildman–Crippen MR) is 76.2 cm³/mol. The average molecular weight is 273 g/mol. The van der Waals surface area contributed by atoms with Gasteiger partial charge in [0.15, 0.2) is 0 Å². The highest BCUT2D eigenvalue weighted by Crippen LogP contribution is 2.18. The fraction of sp³-hybridized carbons (Fsp3) is 0.188. The summed E-state index contributed by atoms with van der Waals surface area (Å²) < 4.78 is 13.8. The molecule has 3 nitrogen and oxygen atoms in total. The van der Waals surface area contributed by atoms with Gasteiger partial charge in [-0.3, -0.25) is 4.79 Å². The second-order valence-corrected chi connectivity index (χ2v) is 4.69. The lowest BCUT2D eigenvalue weighted by molar-refractivity contribution is 0.102. The van der Waals surface area contributed by atoms with Gasteiger partial charge in [-0.05, 0) is 43.2 Å². The van der Waals surface area contributed by atoms with Crippen LogP contribution < -0.4 is 5.32 Å². The molecule has 4 heteroatoms. The SMILES string of the molecule is Cc1cccc(C(=O)Nc2ccc(C(C)O)cc2)c1F. The molecule has 0 saturated carbocycles. The van der Waals surface area contributed by atoms with Gasteiger partial charge in [0.05, 0.1) is 11.7 Å². The molecular weight excluding hydrogens is 257 g/mol. The largest absolute Gasteiger partial charge is 0.389 e. The van der Waals surface area contributed by atoms with Crippen molar-refractivity contribution in [3.63, 3.8) is 0 Å². The van der Waals surface area contributed by atoms with Crippen molar-refractivity contribution in [3.05, 3.63) is 65.0 Å². The molecule has 0 radical (unpaired) electrons. The smallest absolute Gasteiger partial charge is 0.258 e. The lowest BCUT2D eigenvalue weighted by atomic mass is 10.1. The van der Waals surface area contributed by atoms with Crippen LogP contribution in [0.4, 0.5) is 10.1 Å². The van der Waals surface area contributed by atoms with E-state index in [2.05, 4.69) is 5.32 Å². The van der Waals surface area contributed by atoms with E-state index >= 15 is 0 Å². The van der Waals surface area contributed by atoms with Crippen LogP contribution in [0.3, 0.4) is 0 Å². The number of aliphatic hydroxyl groups is 1. The van der Waals surface area contributed by atoms with Crippen LogP contribution in [-0.4, -0.2) is 11.0 Å². The normalized spacial score (nSPS) is 12.0. The number of halogens is 1. The summed E-state index contributed by atoms with van der Waals surface area (Å²) in [7, 11) is 0. The zero-order chi connectivity index (χ0) is 14.7. The van der Waals surface area contributed by atoms with E-state index in [0.29, 0.717) is 11.3 Å². The number of nitrogens with one attached hydrogen (secondary N) is 1. The molecule has 0 aliphatic rings. The third kappa shape index (κ3) is 3.03. The highest BCUT2D eigenvalue weighted by molar-refractivity contribution is 6.04. The Kier molecular flexibility index (Phi) is 4.15. The molecule has 1 unspecified atom stereocenters. The van der Waals surface area contributed by atoms with Crippen LogP contribution in [0.1, 0.15) is 34.5 Å². The van der Waals surface area contributed by atoms with Crippen molar-refractivity contribution in [1.29, 1.82) is 0 Å². The van der Waals surface area contributed by atoms with Gasteiger partial charge in [0.2, 0.25) is 0 Å². The Labute approximate surface area is 117 Å². The lowest BCUT2D eigenvalue weighted by Crippen LogP contribution is -2.14. The van der Waals surface area contributed by atoms with E-state index < -0.39 is 17.8 Å². The maximum atomic E-state index is 13.8. The summed E-state index contributed by atoms with van der Waals surface area (Å²) in [5.74, 6) is -0.999. The first-order chi connectivity index (χ1) is 9.49. The fourth-order valence-corrected chi connectivity index (χ4v) is 1.87. The van der Waals surface area contributed by atoms with Crippen LogP contribution in [-0.2, 0) is 0 Å². The minimum atomic E-state index is -0.561. The Bertz CT molecular complexity index is 621. The van der Waals surface area contributed by atoms with Crippen molar-refractivity contribution in [2.24, 2.45) is 0 Å². The molecule has 0 bridgehead atoms. The van der Waals surface area contributed by atoms with Crippen LogP contribution >= 0.6 is 0 Å². The standard InChI is InChI=1S/C16H16FNO2/c1-10-4-3-5-14(15(10)17)16(20)18-13-8-6-12(7-9-13)11(2)19/h3-9,11,19H,1-2H3,(H,18,20). The first-order valence-electron chi connectivity index (χ1n) is 6.33.